The smallest absolute Gasteiger partial charge is 0.170 e. The molecule has 2 atom stereocenters. The van der Waals surface area contributed by atoms with Gasteiger partial charge >= 0.3 is 0 Å². The standard InChI is InChI=1S/C23H27N5OS/c1-26(2)17-9-11-18(12-10-17)27-14-5-8-20(27)22-21(19-7-3-4-13-24-19)25-23(30)28(22)15-6-16-29/h3-5,7-14,21-22,29H,6,15-16H2,1-2H3,(H,25,30)/t21-,22-/m1/s1. The van der Waals surface area contributed by atoms with Crippen LogP contribution in [0, 0.1) is 0 Å². The van der Waals surface area contributed by atoms with Crippen molar-refractivity contribution in [3.63, 3.8) is 0 Å². The molecule has 7 heteroatoms. The number of anilines is 1. The number of aromatic nitrogens is 2. The molecule has 2 N–H and O–H groups in total. The van der Waals surface area contributed by atoms with E-state index in [4.69, 9.17) is 12.2 Å². The quantitative estimate of drug-likeness (QED) is 0.571. The molecule has 0 spiro atoms. The van der Waals surface area contributed by atoms with Gasteiger partial charge in [0.25, 0.3) is 0 Å². The fraction of sp³-hybridized carbons (Fsp3) is 0.304. The van der Waals surface area contributed by atoms with Crippen molar-refractivity contribution in [2.75, 3.05) is 32.1 Å². The molecule has 1 aliphatic rings. The van der Waals surface area contributed by atoms with Gasteiger partial charge in [-0.25, -0.2) is 0 Å². The number of thiocarbonyl (C=S) groups is 1. The number of nitrogens with one attached hydrogen (secondary N) is 1. The Kier molecular flexibility index (Phi) is 6.01. The molecular weight excluding hydrogens is 394 g/mol. The molecular formula is C23H27N5OS. The van der Waals surface area contributed by atoms with Crippen LogP contribution in [-0.4, -0.2) is 51.9 Å². The van der Waals surface area contributed by atoms with Gasteiger partial charge < -0.3 is 24.8 Å². The lowest BCUT2D eigenvalue weighted by Crippen LogP contribution is -2.31. The Morgan fingerprint density at radius 3 is 2.57 bits per heavy atom. The molecule has 156 valence electrons. The summed E-state index contributed by atoms with van der Waals surface area (Å²) in [7, 11) is 4.08. The lowest BCUT2D eigenvalue weighted by atomic mass is 10.0. The summed E-state index contributed by atoms with van der Waals surface area (Å²) in [4.78, 5) is 8.85. The van der Waals surface area contributed by atoms with Gasteiger partial charge in [-0.3, -0.25) is 4.98 Å². The fourth-order valence-electron chi connectivity index (χ4n) is 3.99. The highest BCUT2D eigenvalue weighted by molar-refractivity contribution is 7.80. The van der Waals surface area contributed by atoms with Crippen molar-refractivity contribution in [2.45, 2.75) is 18.5 Å². The lowest BCUT2D eigenvalue weighted by Gasteiger charge is -2.29. The first-order valence-electron chi connectivity index (χ1n) is 10.1. The molecule has 1 aromatic carbocycles. The summed E-state index contributed by atoms with van der Waals surface area (Å²) in [6.45, 7) is 0.814. The Morgan fingerprint density at radius 1 is 1.10 bits per heavy atom. The second kappa shape index (κ2) is 8.85. The lowest BCUT2D eigenvalue weighted by molar-refractivity contribution is 0.245. The van der Waals surface area contributed by atoms with E-state index in [1.807, 2.05) is 38.5 Å². The average molecular weight is 422 g/mol. The number of rotatable bonds is 7. The number of aliphatic hydroxyl groups excluding tert-OH is 1. The van der Waals surface area contributed by atoms with Gasteiger partial charge in [-0.05, 0) is 67.2 Å². The maximum Gasteiger partial charge on any atom is 0.170 e. The number of hydrogen-bond acceptors (Lipinski definition) is 4. The minimum Gasteiger partial charge on any atom is -0.396 e. The highest BCUT2D eigenvalue weighted by Crippen LogP contribution is 2.39. The Bertz CT molecular complexity index is 986. The second-order valence-corrected chi connectivity index (χ2v) is 8.00. The van der Waals surface area contributed by atoms with Crippen LogP contribution in [0.1, 0.15) is 29.9 Å². The van der Waals surface area contributed by atoms with Gasteiger partial charge in [-0.15, -0.1) is 0 Å². The number of pyridine rings is 1. The molecule has 0 aliphatic carbocycles. The van der Waals surface area contributed by atoms with Gasteiger partial charge in [0, 0.05) is 56.7 Å². The fourth-order valence-corrected chi connectivity index (χ4v) is 4.32. The Balaban J connectivity index is 1.75. The molecule has 1 fully saturated rings. The van der Waals surface area contributed by atoms with Crippen molar-refractivity contribution in [1.29, 1.82) is 0 Å². The van der Waals surface area contributed by atoms with Crippen LogP contribution in [0.4, 0.5) is 5.69 Å². The van der Waals surface area contributed by atoms with Crippen molar-refractivity contribution < 1.29 is 5.11 Å². The van der Waals surface area contributed by atoms with Crippen molar-refractivity contribution in [1.82, 2.24) is 19.8 Å². The molecule has 30 heavy (non-hydrogen) atoms. The molecule has 4 rings (SSSR count). The maximum absolute atomic E-state index is 9.40. The van der Waals surface area contributed by atoms with Crippen LogP contribution in [0.2, 0.25) is 0 Å². The predicted octanol–water partition coefficient (Wildman–Crippen LogP) is 3.29. The monoisotopic (exact) mass is 421 g/mol. The third-order valence-electron chi connectivity index (χ3n) is 5.48. The van der Waals surface area contributed by atoms with Crippen LogP contribution in [-0.2, 0) is 0 Å². The zero-order chi connectivity index (χ0) is 21.1. The molecule has 1 aliphatic heterocycles. The van der Waals surface area contributed by atoms with Crippen LogP contribution in [0.5, 0.6) is 0 Å². The Morgan fingerprint density at radius 2 is 1.90 bits per heavy atom. The van der Waals surface area contributed by atoms with Gasteiger partial charge in [0.15, 0.2) is 5.11 Å². The normalized spacial score (nSPS) is 18.5. The van der Waals surface area contributed by atoms with Crippen LogP contribution in [0.25, 0.3) is 5.69 Å². The summed E-state index contributed by atoms with van der Waals surface area (Å²) in [5.74, 6) is 0. The Hall–Kier alpha value is -2.90. The largest absolute Gasteiger partial charge is 0.396 e. The highest BCUT2D eigenvalue weighted by atomic mass is 32.1. The van der Waals surface area contributed by atoms with E-state index in [-0.39, 0.29) is 18.7 Å². The van der Waals surface area contributed by atoms with Gasteiger partial charge in [0.2, 0.25) is 0 Å². The number of hydrogen-bond donors (Lipinski definition) is 2. The molecule has 3 heterocycles. The minimum atomic E-state index is -0.0629. The first-order valence-corrected chi connectivity index (χ1v) is 10.5. The van der Waals surface area contributed by atoms with Crippen molar-refractivity contribution in [2.24, 2.45) is 0 Å². The van der Waals surface area contributed by atoms with Crippen LogP contribution in [0.15, 0.2) is 67.0 Å². The van der Waals surface area contributed by atoms with Crippen molar-refractivity contribution in [3.05, 3.63) is 78.4 Å². The van der Waals surface area contributed by atoms with Gasteiger partial charge in [0.1, 0.15) is 0 Å². The van der Waals surface area contributed by atoms with Gasteiger partial charge in [-0.2, -0.15) is 0 Å². The first kappa shape index (κ1) is 20.4. The number of benzene rings is 1. The summed E-state index contributed by atoms with van der Waals surface area (Å²) in [6, 6.07) is 18.6. The second-order valence-electron chi connectivity index (χ2n) is 7.61. The predicted molar refractivity (Wildman–Crippen MR) is 124 cm³/mol. The highest BCUT2D eigenvalue weighted by Gasteiger charge is 2.40. The average Bonchev–Trinajstić information content (AvgIpc) is 3.37. The van der Waals surface area contributed by atoms with E-state index in [0.29, 0.717) is 18.1 Å². The molecule has 0 unspecified atom stereocenters. The molecule has 3 aromatic rings. The third-order valence-corrected chi connectivity index (χ3v) is 5.83. The summed E-state index contributed by atoms with van der Waals surface area (Å²) in [6.07, 6.45) is 4.55. The molecule has 0 bridgehead atoms. The number of aliphatic hydroxyl groups is 1. The SMILES string of the molecule is CN(C)c1ccc(-n2cccc2[C@@H]2[C@@H](c3ccccn3)NC(=S)N2CCCO)cc1. The van der Waals surface area contributed by atoms with E-state index in [9.17, 15) is 5.11 Å². The van der Waals surface area contributed by atoms with E-state index < -0.39 is 0 Å². The molecule has 0 radical (unpaired) electrons. The maximum atomic E-state index is 9.40. The van der Waals surface area contributed by atoms with Crippen molar-refractivity contribution in [3.8, 4) is 5.69 Å². The molecule has 1 saturated heterocycles. The van der Waals surface area contributed by atoms with Crippen molar-refractivity contribution >= 4 is 23.0 Å². The van der Waals surface area contributed by atoms with E-state index in [0.717, 1.165) is 22.8 Å². The van der Waals surface area contributed by atoms with Crippen LogP contribution >= 0.6 is 12.2 Å². The van der Waals surface area contributed by atoms with Gasteiger partial charge in [-0.1, -0.05) is 6.07 Å². The molecule has 6 nitrogen and oxygen atoms in total. The molecule has 0 saturated carbocycles. The minimum absolute atomic E-state index is 0.0255. The summed E-state index contributed by atoms with van der Waals surface area (Å²) in [5.41, 5.74) is 4.34. The van der Waals surface area contributed by atoms with E-state index in [1.54, 1.807) is 0 Å². The van der Waals surface area contributed by atoms with E-state index in [2.05, 4.69) is 67.3 Å². The zero-order valence-corrected chi connectivity index (χ0v) is 18.1. The summed E-state index contributed by atoms with van der Waals surface area (Å²) >= 11 is 5.68. The van der Waals surface area contributed by atoms with Crippen LogP contribution < -0.4 is 10.2 Å². The van der Waals surface area contributed by atoms with E-state index in [1.165, 1.54) is 0 Å². The summed E-state index contributed by atoms with van der Waals surface area (Å²) in [5, 5.41) is 13.6. The van der Waals surface area contributed by atoms with E-state index >= 15 is 0 Å². The van der Waals surface area contributed by atoms with Crippen LogP contribution in [0.3, 0.4) is 0 Å². The number of nitrogens with zero attached hydrogens (tertiary/aromatic N) is 4. The molecule has 0 amide bonds. The topological polar surface area (TPSA) is 56.6 Å². The first-order chi connectivity index (χ1) is 14.6. The third kappa shape index (κ3) is 3.91. The Labute approximate surface area is 182 Å². The summed E-state index contributed by atoms with van der Waals surface area (Å²) < 4.78 is 2.21. The zero-order valence-electron chi connectivity index (χ0n) is 17.3. The molecule has 2 aromatic heterocycles. The van der Waals surface area contributed by atoms with Gasteiger partial charge in [0.05, 0.1) is 17.8 Å².